The molecule has 0 amide bonds. The molecule has 0 bridgehead atoms. The number of ether oxygens (including phenoxy) is 2. The van der Waals surface area contributed by atoms with Gasteiger partial charge in [-0.25, -0.2) is 0 Å². The van der Waals surface area contributed by atoms with Crippen molar-refractivity contribution in [2.24, 2.45) is 0 Å². The van der Waals surface area contributed by atoms with Crippen molar-refractivity contribution in [3.63, 3.8) is 0 Å². The van der Waals surface area contributed by atoms with E-state index in [-0.39, 0.29) is 12.1 Å². The van der Waals surface area contributed by atoms with Gasteiger partial charge in [0, 0.05) is 7.11 Å². The number of hydrogen-bond donors (Lipinski definition) is 1. The fourth-order valence-corrected chi connectivity index (χ4v) is 2.53. The Morgan fingerprint density at radius 3 is 2.94 bits per heavy atom. The summed E-state index contributed by atoms with van der Waals surface area (Å²) in [6.45, 7) is 1.38. The van der Waals surface area contributed by atoms with E-state index in [1.165, 1.54) is 24.0 Å². The Bertz CT molecular complexity index is 367. The molecule has 1 aliphatic rings. The lowest BCUT2D eigenvalue weighted by Gasteiger charge is -2.27. The summed E-state index contributed by atoms with van der Waals surface area (Å²) >= 11 is 0. The smallest absolute Gasteiger partial charge is 0.0828 e. The van der Waals surface area contributed by atoms with E-state index in [9.17, 15) is 0 Å². The first-order valence-corrected chi connectivity index (χ1v) is 6.70. The maximum Gasteiger partial charge on any atom is 0.0828 e. The summed E-state index contributed by atoms with van der Waals surface area (Å²) < 4.78 is 11.2. The number of fused-ring (bicyclic) bond motifs is 1. The van der Waals surface area contributed by atoms with Crippen LogP contribution in [0.2, 0.25) is 0 Å². The van der Waals surface area contributed by atoms with E-state index in [1.807, 2.05) is 7.05 Å². The van der Waals surface area contributed by atoms with E-state index in [4.69, 9.17) is 9.47 Å². The van der Waals surface area contributed by atoms with Crippen LogP contribution in [-0.2, 0) is 15.9 Å². The van der Waals surface area contributed by atoms with Crippen molar-refractivity contribution in [2.45, 2.75) is 31.4 Å². The zero-order valence-electron chi connectivity index (χ0n) is 11.3. The van der Waals surface area contributed by atoms with E-state index >= 15 is 0 Å². The van der Waals surface area contributed by atoms with Crippen LogP contribution in [-0.4, -0.2) is 33.4 Å². The minimum absolute atomic E-state index is 0.252. The summed E-state index contributed by atoms with van der Waals surface area (Å²) in [7, 11) is 3.67. The molecule has 3 heteroatoms. The zero-order valence-corrected chi connectivity index (χ0v) is 11.3. The third-order valence-corrected chi connectivity index (χ3v) is 3.59. The van der Waals surface area contributed by atoms with E-state index in [0.717, 1.165) is 6.42 Å². The predicted octanol–water partition coefficient (Wildman–Crippen LogP) is 2.32. The largest absolute Gasteiger partial charge is 0.383 e. The van der Waals surface area contributed by atoms with E-state index in [1.54, 1.807) is 7.11 Å². The summed E-state index contributed by atoms with van der Waals surface area (Å²) in [5.74, 6) is 0. The van der Waals surface area contributed by atoms with Crippen LogP contribution in [0.4, 0.5) is 0 Å². The van der Waals surface area contributed by atoms with Crippen LogP contribution in [0.3, 0.4) is 0 Å². The second-order valence-electron chi connectivity index (χ2n) is 4.85. The van der Waals surface area contributed by atoms with Gasteiger partial charge in [-0.1, -0.05) is 24.3 Å². The number of benzene rings is 1. The lowest BCUT2D eigenvalue weighted by Crippen LogP contribution is -2.35. The van der Waals surface area contributed by atoms with Crippen molar-refractivity contribution in [3.8, 4) is 0 Å². The van der Waals surface area contributed by atoms with Gasteiger partial charge in [0.05, 0.1) is 25.4 Å². The summed E-state index contributed by atoms with van der Waals surface area (Å²) in [5.41, 5.74) is 2.82. The van der Waals surface area contributed by atoms with Gasteiger partial charge in [0.2, 0.25) is 0 Å². The van der Waals surface area contributed by atoms with Gasteiger partial charge in [0.25, 0.3) is 0 Å². The van der Waals surface area contributed by atoms with Gasteiger partial charge in [-0.2, -0.15) is 0 Å². The molecule has 1 aromatic carbocycles. The molecule has 0 aliphatic heterocycles. The maximum absolute atomic E-state index is 6.07. The SMILES string of the molecule is CNC(COC)COC1CCCc2ccccc21. The molecule has 0 heterocycles. The second-order valence-corrected chi connectivity index (χ2v) is 4.85. The molecule has 0 aromatic heterocycles. The number of aryl methyl sites for hydroxylation is 1. The first kappa shape index (κ1) is 13.5. The van der Waals surface area contributed by atoms with Crippen LogP contribution in [0.15, 0.2) is 24.3 Å². The molecule has 0 saturated heterocycles. The minimum Gasteiger partial charge on any atom is -0.383 e. The fraction of sp³-hybridized carbons (Fsp3) is 0.600. The number of methoxy groups -OCH3 is 1. The predicted molar refractivity (Wildman–Crippen MR) is 72.8 cm³/mol. The van der Waals surface area contributed by atoms with Crippen molar-refractivity contribution in [1.29, 1.82) is 0 Å². The normalized spacial score (nSPS) is 20.4. The van der Waals surface area contributed by atoms with Gasteiger partial charge in [-0.05, 0) is 37.4 Å². The highest BCUT2D eigenvalue weighted by Crippen LogP contribution is 2.32. The van der Waals surface area contributed by atoms with Crippen LogP contribution in [0, 0.1) is 0 Å². The highest BCUT2D eigenvalue weighted by molar-refractivity contribution is 5.31. The fourth-order valence-electron chi connectivity index (χ4n) is 2.53. The monoisotopic (exact) mass is 249 g/mol. The Labute approximate surface area is 109 Å². The van der Waals surface area contributed by atoms with Crippen molar-refractivity contribution in [3.05, 3.63) is 35.4 Å². The third-order valence-electron chi connectivity index (χ3n) is 3.59. The molecule has 0 spiro atoms. The van der Waals surface area contributed by atoms with E-state index < -0.39 is 0 Å². The quantitative estimate of drug-likeness (QED) is 0.839. The van der Waals surface area contributed by atoms with Gasteiger partial charge < -0.3 is 14.8 Å². The van der Waals surface area contributed by atoms with Crippen LogP contribution in [0.5, 0.6) is 0 Å². The molecule has 2 unspecified atom stereocenters. The number of likely N-dealkylation sites (N-methyl/N-ethyl adjacent to an activating group) is 1. The molecular weight excluding hydrogens is 226 g/mol. The van der Waals surface area contributed by atoms with E-state index in [2.05, 4.69) is 29.6 Å². The molecular formula is C15H23NO2. The average molecular weight is 249 g/mol. The van der Waals surface area contributed by atoms with Gasteiger partial charge in [-0.3, -0.25) is 0 Å². The van der Waals surface area contributed by atoms with Crippen LogP contribution < -0.4 is 5.32 Å². The van der Waals surface area contributed by atoms with Gasteiger partial charge in [0.1, 0.15) is 0 Å². The van der Waals surface area contributed by atoms with Crippen molar-refractivity contribution in [1.82, 2.24) is 5.32 Å². The van der Waals surface area contributed by atoms with E-state index in [0.29, 0.717) is 13.2 Å². The van der Waals surface area contributed by atoms with Crippen LogP contribution in [0.1, 0.15) is 30.1 Å². The Morgan fingerprint density at radius 2 is 2.17 bits per heavy atom. The third kappa shape index (κ3) is 3.31. The van der Waals surface area contributed by atoms with Crippen molar-refractivity contribution < 1.29 is 9.47 Å². The Kier molecular flexibility index (Phi) is 5.17. The molecule has 2 atom stereocenters. The topological polar surface area (TPSA) is 30.5 Å². The number of nitrogens with one attached hydrogen (secondary N) is 1. The molecule has 3 nitrogen and oxygen atoms in total. The van der Waals surface area contributed by atoms with Gasteiger partial charge in [0.15, 0.2) is 0 Å². The maximum atomic E-state index is 6.07. The standard InChI is InChI=1S/C15H23NO2/c1-16-13(10-17-2)11-18-15-9-5-7-12-6-3-4-8-14(12)15/h3-4,6,8,13,15-16H,5,7,9-11H2,1-2H3. The molecule has 18 heavy (non-hydrogen) atoms. The Morgan fingerprint density at radius 1 is 1.33 bits per heavy atom. The second kappa shape index (κ2) is 6.88. The molecule has 100 valence electrons. The van der Waals surface area contributed by atoms with Crippen LogP contribution in [0.25, 0.3) is 0 Å². The van der Waals surface area contributed by atoms with Gasteiger partial charge >= 0.3 is 0 Å². The molecule has 1 aliphatic carbocycles. The molecule has 0 fully saturated rings. The summed E-state index contributed by atoms with van der Waals surface area (Å²) in [5, 5.41) is 3.22. The lowest BCUT2D eigenvalue weighted by atomic mass is 9.89. The van der Waals surface area contributed by atoms with Crippen LogP contribution >= 0.6 is 0 Å². The number of hydrogen-bond acceptors (Lipinski definition) is 3. The number of rotatable bonds is 6. The molecule has 0 saturated carbocycles. The Balaban J connectivity index is 1.94. The van der Waals surface area contributed by atoms with Crippen molar-refractivity contribution in [2.75, 3.05) is 27.4 Å². The molecule has 1 aromatic rings. The minimum atomic E-state index is 0.252. The van der Waals surface area contributed by atoms with Crippen molar-refractivity contribution >= 4 is 0 Å². The highest BCUT2D eigenvalue weighted by Gasteiger charge is 2.21. The summed E-state index contributed by atoms with van der Waals surface area (Å²) in [4.78, 5) is 0. The molecule has 2 rings (SSSR count). The average Bonchev–Trinajstić information content (AvgIpc) is 2.43. The summed E-state index contributed by atoms with van der Waals surface area (Å²) in [6.07, 6.45) is 3.78. The first-order valence-electron chi connectivity index (χ1n) is 6.70. The first-order chi connectivity index (χ1) is 8.85. The molecule has 0 radical (unpaired) electrons. The lowest BCUT2D eigenvalue weighted by molar-refractivity contribution is 0.0130. The summed E-state index contributed by atoms with van der Waals surface area (Å²) in [6, 6.07) is 8.90. The highest BCUT2D eigenvalue weighted by atomic mass is 16.5. The molecule has 1 N–H and O–H groups in total. The zero-order chi connectivity index (χ0) is 12.8. The van der Waals surface area contributed by atoms with Gasteiger partial charge in [-0.15, -0.1) is 0 Å². The Hall–Kier alpha value is -0.900.